The van der Waals surface area contributed by atoms with Crippen LogP contribution in [0.5, 0.6) is 0 Å². The molecule has 6 heteroatoms. The van der Waals surface area contributed by atoms with E-state index in [1.54, 1.807) is 12.1 Å². The normalized spacial score (nSPS) is 11.4. The van der Waals surface area contributed by atoms with Gasteiger partial charge in [-0.2, -0.15) is 5.10 Å². The SMILES string of the molecule is CCc1cc(-c2nc3cc(Cl)c(Cl)cc3[nH]2)n(C)n1. The van der Waals surface area contributed by atoms with Gasteiger partial charge in [-0.05, 0) is 24.6 Å². The van der Waals surface area contributed by atoms with E-state index in [9.17, 15) is 0 Å². The van der Waals surface area contributed by atoms with E-state index < -0.39 is 0 Å². The number of aromatic amines is 1. The van der Waals surface area contributed by atoms with Crippen molar-refractivity contribution in [3.05, 3.63) is 33.9 Å². The van der Waals surface area contributed by atoms with Crippen LogP contribution in [-0.2, 0) is 13.5 Å². The second-order valence-electron chi connectivity index (χ2n) is 4.37. The molecule has 0 unspecified atom stereocenters. The fourth-order valence-corrected chi connectivity index (χ4v) is 2.37. The molecular weight excluding hydrogens is 283 g/mol. The van der Waals surface area contributed by atoms with Crippen molar-refractivity contribution in [3.63, 3.8) is 0 Å². The average molecular weight is 295 g/mol. The molecule has 98 valence electrons. The summed E-state index contributed by atoms with van der Waals surface area (Å²) in [5, 5.41) is 5.44. The number of nitrogens with zero attached hydrogens (tertiary/aromatic N) is 3. The molecule has 0 aliphatic rings. The zero-order chi connectivity index (χ0) is 13.6. The van der Waals surface area contributed by atoms with E-state index in [0.717, 1.165) is 34.7 Å². The molecule has 0 saturated heterocycles. The highest BCUT2D eigenvalue weighted by Crippen LogP contribution is 2.28. The Morgan fingerprint density at radius 3 is 2.63 bits per heavy atom. The van der Waals surface area contributed by atoms with Crippen molar-refractivity contribution in [2.45, 2.75) is 13.3 Å². The summed E-state index contributed by atoms with van der Waals surface area (Å²) in [5.74, 6) is 0.767. The third kappa shape index (κ3) is 2.11. The number of rotatable bonds is 2. The summed E-state index contributed by atoms with van der Waals surface area (Å²) in [6, 6.07) is 5.57. The summed E-state index contributed by atoms with van der Waals surface area (Å²) < 4.78 is 1.82. The maximum atomic E-state index is 6.00. The number of aromatic nitrogens is 4. The number of aryl methyl sites for hydroxylation is 2. The monoisotopic (exact) mass is 294 g/mol. The average Bonchev–Trinajstić information content (AvgIpc) is 2.93. The first-order valence-corrected chi connectivity index (χ1v) is 6.72. The lowest BCUT2D eigenvalue weighted by molar-refractivity contribution is 0.749. The lowest BCUT2D eigenvalue weighted by atomic mass is 10.3. The van der Waals surface area contributed by atoms with Crippen LogP contribution in [0.1, 0.15) is 12.6 Å². The van der Waals surface area contributed by atoms with Crippen molar-refractivity contribution in [2.75, 3.05) is 0 Å². The maximum Gasteiger partial charge on any atom is 0.156 e. The third-order valence-corrected chi connectivity index (χ3v) is 3.78. The molecule has 0 saturated carbocycles. The van der Waals surface area contributed by atoms with Gasteiger partial charge in [0.15, 0.2) is 5.82 Å². The van der Waals surface area contributed by atoms with E-state index in [-0.39, 0.29) is 0 Å². The quantitative estimate of drug-likeness (QED) is 0.781. The Labute approximate surface area is 120 Å². The fraction of sp³-hybridized carbons (Fsp3) is 0.231. The number of benzene rings is 1. The Kier molecular flexibility index (Phi) is 2.99. The van der Waals surface area contributed by atoms with Gasteiger partial charge in [0.1, 0.15) is 5.69 Å². The predicted octanol–water partition coefficient (Wildman–Crippen LogP) is 3.83. The van der Waals surface area contributed by atoms with Gasteiger partial charge in [-0.3, -0.25) is 4.68 Å². The lowest BCUT2D eigenvalue weighted by Gasteiger charge is -1.95. The van der Waals surface area contributed by atoms with E-state index in [4.69, 9.17) is 23.2 Å². The molecule has 0 radical (unpaired) electrons. The molecule has 1 aromatic carbocycles. The minimum atomic E-state index is 0.506. The Hall–Kier alpha value is -1.52. The Bertz CT molecular complexity index is 718. The third-order valence-electron chi connectivity index (χ3n) is 3.06. The van der Waals surface area contributed by atoms with Gasteiger partial charge in [0, 0.05) is 7.05 Å². The summed E-state index contributed by atoms with van der Waals surface area (Å²) in [4.78, 5) is 7.78. The molecule has 0 spiro atoms. The largest absolute Gasteiger partial charge is 0.337 e. The molecule has 3 rings (SSSR count). The molecule has 0 aliphatic heterocycles. The summed E-state index contributed by atoms with van der Waals surface area (Å²) in [5.41, 5.74) is 3.64. The summed E-state index contributed by atoms with van der Waals surface area (Å²) in [7, 11) is 1.90. The van der Waals surface area contributed by atoms with Crippen molar-refractivity contribution in [3.8, 4) is 11.5 Å². The van der Waals surface area contributed by atoms with Gasteiger partial charge in [-0.15, -0.1) is 0 Å². The van der Waals surface area contributed by atoms with E-state index in [2.05, 4.69) is 22.0 Å². The summed E-state index contributed by atoms with van der Waals surface area (Å²) in [6.07, 6.45) is 0.895. The molecule has 0 atom stereocenters. The Balaban J connectivity index is 2.17. The van der Waals surface area contributed by atoms with Gasteiger partial charge in [0.2, 0.25) is 0 Å². The number of H-pyrrole nitrogens is 1. The Morgan fingerprint density at radius 2 is 1.95 bits per heavy atom. The fourth-order valence-electron chi connectivity index (χ4n) is 2.05. The number of halogens is 2. The minimum absolute atomic E-state index is 0.506. The van der Waals surface area contributed by atoms with Gasteiger partial charge in [-0.1, -0.05) is 30.1 Å². The van der Waals surface area contributed by atoms with Crippen LogP contribution < -0.4 is 0 Å². The van der Waals surface area contributed by atoms with E-state index in [1.165, 1.54) is 0 Å². The maximum absolute atomic E-state index is 6.00. The second kappa shape index (κ2) is 4.54. The molecule has 2 heterocycles. The first-order valence-electron chi connectivity index (χ1n) is 5.96. The van der Waals surface area contributed by atoms with Crippen LogP contribution in [0, 0.1) is 0 Å². The molecule has 19 heavy (non-hydrogen) atoms. The van der Waals surface area contributed by atoms with Crippen LogP contribution in [-0.4, -0.2) is 19.7 Å². The van der Waals surface area contributed by atoms with Crippen molar-refractivity contribution >= 4 is 34.2 Å². The molecule has 2 aromatic heterocycles. The van der Waals surface area contributed by atoms with Crippen molar-refractivity contribution in [2.24, 2.45) is 7.05 Å². The molecule has 4 nitrogen and oxygen atoms in total. The van der Waals surface area contributed by atoms with E-state index in [0.29, 0.717) is 10.0 Å². The summed E-state index contributed by atoms with van der Waals surface area (Å²) >= 11 is 12.0. The first kappa shape index (κ1) is 12.5. The molecule has 0 bridgehead atoms. The molecule has 1 N–H and O–H groups in total. The highest BCUT2D eigenvalue weighted by atomic mass is 35.5. The van der Waals surface area contributed by atoms with Gasteiger partial charge in [0.25, 0.3) is 0 Å². The smallest absolute Gasteiger partial charge is 0.156 e. The Morgan fingerprint density at radius 1 is 1.21 bits per heavy atom. The van der Waals surface area contributed by atoms with Crippen molar-refractivity contribution in [1.29, 1.82) is 0 Å². The van der Waals surface area contributed by atoms with Crippen LogP contribution in [0.4, 0.5) is 0 Å². The number of imidazole rings is 1. The lowest BCUT2D eigenvalue weighted by Crippen LogP contribution is -1.95. The van der Waals surface area contributed by atoms with Crippen LogP contribution >= 0.6 is 23.2 Å². The number of fused-ring (bicyclic) bond motifs is 1. The van der Waals surface area contributed by atoms with E-state index >= 15 is 0 Å². The summed E-state index contributed by atoms with van der Waals surface area (Å²) in [6.45, 7) is 2.07. The molecule has 0 aliphatic carbocycles. The van der Waals surface area contributed by atoms with Gasteiger partial charge in [-0.25, -0.2) is 4.98 Å². The molecule has 0 amide bonds. The van der Waals surface area contributed by atoms with Gasteiger partial charge >= 0.3 is 0 Å². The van der Waals surface area contributed by atoms with Crippen LogP contribution in [0.2, 0.25) is 10.0 Å². The van der Waals surface area contributed by atoms with Crippen LogP contribution in [0.25, 0.3) is 22.6 Å². The van der Waals surface area contributed by atoms with Gasteiger partial charge < -0.3 is 4.98 Å². The zero-order valence-corrected chi connectivity index (χ0v) is 12.0. The number of nitrogens with one attached hydrogen (secondary N) is 1. The molecular formula is C13H12Cl2N4. The van der Waals surface area contributed by atoms with Crippen LogP contribution in [0.3, 0.4) is 0 Å². The highest BCUT2D eigenvalue weighted by Gasteiger charge is 2.12. The van der Waals surface area contributed by atoms with Crippen LogP contribution in [0.15, 0.2) is 18.2 Å². The van der Waals surface area contributed by atoms with Gasteiger partial charge in [0.05, 0.1) is 26.8 Å². The first-order chi connectivity index (χ1) is 9.08. The number of hydrogen-bond donors (Lipinski definition) is 1. The predicted molar refractivity (Wildman–Crippen MR) is 77.7 cm³/mol. The topological polar surface area (TPSA) is 46.5 Å². The number of hydrogen-bond acceptors (Lipinski definition) is 2. The highest BCUT2D eigenvalue weighted by molar-refractivity contribution is 6.42. The van der Waals surface area contributed by atoms with Crippen molar-refractivity contribution in [1.82, 2.24) is 19.7 Å². The molecule has 0 fully saturated rings. The molecule has 3 aromatic rings. The zero-order valence-electron chi connectivity index (χ0n) is 10.5. The standard InChI is InChI=1S/C13H12Cl2N4/c1-3-7-4-12(19(2)18-7)13-16-10-5-8(14)9(15)6-11(10)17-13/h4-6H,3H2,1-2H3,(H,16,17). The van der Waals surface area contributed by atoms with Crippen molar-refractivity contribution < 1.29 is 0 Å². The van der Waals surface area contributed by atoms with E-state index in [1.807, 2.05) is 17.8 Å². The second-order valence-corrected chi connectivity index (χ2v) is 5.18. The minimum Gasteiger partial charge on any atom is -0.337 e.